The molecule has 0 heterocycles. The lowest BCUT2D eigenvalue weighted by atomic mass is 9.99. The van der Waals surface area contributed by atoms with Crippen LogP contribution in [0.2, 0.25) is 0 Å². The van der Waals surface area contributed by atoms with Gasteiger partial charge < -0.3 is 0 Å². The topological polar surface area (TPSA) is 140 Å². The predicted octanol–water partition coefficient (Wildman–Crippen LogP) is 5.12. The Morgan fingerprint density at radius 3 is 1.32 bits per heavy atom. The van der Waals surface area contributed by atoms with E-state index in [1.54, 1.807) is 72.8 Å². The minimum Gasteiger partial charge on any atom is -0.280 e. The second-order valence-corrected chi connectivity index (χ2v) is 11.7. The maximum absolute atomic E-state index is 13.1. The van der Waals surface area contributed by atoms with E-state index in [0.29, 0.717) is 33.6 Å². The fraction of sp³-hybridized carbons (Fsp3) is 0. The highest BCUT2D eigenvalue weighted by Crippen LogP contribution is 2.47. The minimum atomic E-state index is -4.00. The zero-order chi connectivity index (χ0) is 26.9. The van der Waals surface area contributed by atoms with Crippen molar-refractivity contribution in [2.24, 2.45) is 0 Å². The van der Waals surface area contributed by atoms with E-state index in [1.807, 2.05) is 12.1 Å². The summed E-state index contributed by atoms with van der Waals surface area (Å²) in [5, 5.41) is 19.4. The highest BCUT2D eigenvalue weighted by molar-refractivity contribution is 7.93. The standard InChI is InChI=1S/C28H18N4O4S2/c29-17-19(18-30)28-26-15-22(37(33,34)31-20-7-3-1-4-8-20)11-13-24(26)25-14-12-23(16-27(25)28)38(35,36)32-21-9-5-2-6-10-21/h1-16,31-32H. The van der Waals surface area contributed by atoms with Gasteiger partial charge in [-0.15, -0.1) is 0 Å². The Morgan fingerprint density at radius 2 is 0.947 bits per heavy atom. The molecule has 0 unspecified atom stereocenters. The van der Waals surface area contributed by atoms with Crippen LogP contribution < -0.4 is 9.44 Å². The molecule has 4 aromatic carbocycles. The molecule has 186 valence electrons. The van der Waals surface area contributed by atoms with E-state index in [9.17, 15) is 27.4 Å². The van der Waals surface area contributed by atoms with Gasteiger partial charge in [0.2, 0.25) is 0 Å². The van der Waals surface area contributed by atoms with Crippen LogP contribution in [0.25, 0.3) is 16.7 Å². The molecule has 0 spiro atoms. The molecule has 0 aliphatic heterocycles. The largest absolute Gasteiger partial charge is 0.280 e. The van der Waals surface area contributed by atoms with Crippen molar-refractivity contribution in [3.63, 3.8) is 0 Å². The van der Waals surface area contributed by atoms with E-state index >= 15 is 0 Å². The summed E-state index contributed by atoms with van der Waals surface area (Å²) in [5.41, 5.74) is 2.52. The summed E-state index contributed by atoms with van der Waals surface area (Å²) in [6.07, 6.45) is 0. The average molecular weight is 539 g/mol. The van der Waals surface area contributed by atoms with Gasteiger partial charge in [-0.25, -0.2) is 16.8 Å². The molecule has 0 saturated carbocycles. The lowest BCUT2D eigenvalue weighted by Crippen LogP contribution is -2.13. The molecule has 0 fully saturated rings. The van der Waals surface area contributed by atoms with Crippen molar-refractivity contribution in [3.05, 3.63) is 114 Å². The molecule has 1 aliphatic carbocycles. The summed E-state index contributed by atoms with van der Waals surface area (Å²) in [5.74, 6) is 0. The molecule has 1 aliphatic rings. The van der Waals surface area contributed by atoms with E-state index < -0.39 is 20.0 Å². The molecular weight excluding hydrogens is 520 g/mol. The second-order valence-electron chi connectivity index (χ2n) is 8.33. The third-order valence-corrected chi connectivity index (χ3v) is 8.72. The zero-order valence-corrected chi connectivity index (χ0v) is 21.2. The van der Waals surface area contributed by atoms with Crippen LogP contribution in [0.3, 0.4) is 0 Å². The maximum Gasteiger partial charge on any atom is 0.261 e. The lowest BCUT2D eigenvalue weighted by Gasteiger charge is -2.10. The van der Waals surface area contributed by atoms with Crippen molar-refractivity contribution in [2.45, 2.75) is 9.79 Å². The molecule has 4 aromatic rings. The van der Waals surface area contributed by atoms with Crippen molar-refractivity contribution in [1.82, 2.24) is 0 Å². The Labute approximate surface area is 220 Å². The Kier molecular flexibility index (Phi) is 6.21. The van der Waals surface area contributed by atoms with Crippen LogP contribution in [0.1, 0.15) is 11.1 Å². The first-order chi connectivity index (χ1) is 18.2. The lowest BCUT2D eigenvalue weighted by molar-refractivity contribution is 0.599. The third kappa shape index (κ3) is 4.50. The van der Waals surface area contributed by atoms with E-state index in [-0.39, 0.29) is 20.9 Å². The molecular formula is C28H18N4O4S2. The zero-order valence-electron chi connectivity index (χ0n) is 19.6. The maximum atomic E-state index is 13.1. The summed E-state index contributed by atoms with van der Waals surface area (Å²) < 4.78 is 57.4. The van der Waals surface area contributed by atoms with Crippen molar-refractivity contribution in [1.29, 1.82) is 10.5 Å². The number of benzene rings is 4. The molecule has 0 saturated heterocycles. The van der Waals surface area contributed by atoms with Crippen molar-refractivity contribution >= 4 is 37.0 Å². The Morgan fingerprint density at radius 1 is 0.553 bits per heavy atom. The second kappa shape index (κ2) is 9.52. The summed E-state index contributed by atoms with van der Waals surface area (Å²) in [6, 6.07) is 29.3. The van der Waals surface area contributed by atoms with Crippen LogP contribution in [0, 0.1) is 22.7 Å². The molecule has 0 aromatic heterocycles. The molecule has 8 nitrogen and oxygen atoms in total. The number of fused-ring (bicyclic) bond motifs is 3. The molecule has 0 amide bonds. The number of nitrogens with one attached hydrogen (secondary N) is 2. The van der Waals surface area contributed by atoms with Crippen LogP contribution in [0.15, 0.2) is 112 Å². The van der Waals surface area contributed by atoms with Gasteiger partial charge in [-0.05, 0) is 70.8 Å². The Bertz CT molecular complexity index is 1770. The van der Waals surface area contributed by atoms with Crippen molar-refractivity contribution in [3.8, 4) is 23.3 Å². The number of allylic oxidation sites excluding steroid dienone is 1. The molecule has 0 atom stereocenters. The number of para-hydroxylation sites is 2. The monoisotopic (exact) mass is 538 g/mol. The number of rotatable bonds is 6. The fourth-order valence-electron chi connectivity index (χ4n) is 4.26. The van der Waals surface area contributed by atoms with Gasteiger partial charge in [0.05, 0.1) is 9.79 Å². The smallest absolute Gasteiger partial charge is 0.261 e. The first-order valence-corrected chi connectivity index (χ1v) is 14.2. The van der Waals surface area contributed by atoms with E-state index in [2.05, 4.69) is 9.44 Å². The van der Waals surface area contributed by atoms with Gasteiger partial charge in [-0.2, -0.15) is 10.5 Å². The SMILES string of the molecule is N#CC(C#N)=C1c2cc(S(=O)(=O)Nc3ccccc3)ccc2-c2ccc(S(=O)(=O)Nc3ccccc3)cc21. The minimum absolute atomic E-state index is 0.0702. The van der Waals surface area contributed by atoms with Gasteiger partial charge in [0.25, 0.3) is 20.0 Å². The highest BCUT2D eigenvalue weighted by Gasteiger charge is 2.30. The van der Waals surface area contributed by atoms with Gasteiger partial charge in [0.15, 0.2) is 0 Å². The molecule has 38 heavy (non-hydrogen) atoms. The molecule has 0 bridgehead atoms. The summed E-state index contributed by atoms with van der Waals surface area (Å²) in [6.45, 7) is 0. The quantitative estimate of drug-likeness (QED) is 0.288. The van der Waals surface area contributed by atoms with Gasteiger partial charge in [-0.3, -0.25) is 9.44 Å². The summed E-state index contributed by atoms with van der Waals surface area (Å²) >= 11 is 0. The van der Waals surface area contributed by atoms with Gasteiger partial charge >= 0.3 is 0 Å². The van der Waals surface area contributed by atoms with Gasteiger partial charge in [-0.1, -0.05) is 48.5 Å². The average Bonchev–Trinajstić information content (AvgIpc) is 3.23. The highest BCUT2D eigenvalue weighted by atomic mass is 32.2. The number of hydrogen-bond acceptors (Lipinski definition) is 6. The number of sulfonamides is 2. The van der Waals surface area contributed by atoms with Crippen LogP contribution in [0.4, 0.5) is 11.4 Å². The first kappa shape index (κ1) is 24.8. The molecule has 0 radical (unpaired) electrons. The van der Waals surface area contributed by atoms with Crippen molar-refractivity contribution < 1.29 is 16.8 Å². The van der Waals surface area contributed by atoms with E-state index in [4.69, 9.17) is 0 Å². The Hall–Kier alpha value is -4.90. The van der Waals surface area contributed by atoms with Crippen molar-refractivity contribution in [2.75, 3.05) is 9.44 Å². The van der Waals surface area contributed by atoms with Gasteiger partial charge in [0.1, 0.15) is 17.7 Å². The molecule has 5 rings (SSSR count). The summed E-state index contributed by atoms with van der Waals surface area (Å²) in [7, 11) is -7.99. The predicted molar refractivity (Wildman–Crippen MR) is 144 cm³/mol. The van der Waals surface area contributed by atoms with E-state index in [1.165, 1.54) is 24.3 Å². The van der Waals surface area contributed by atoms with Crippen LogP contribution in [-0.2, 0) is 20.0 Å². The first-order valence-electron chi connectivity index (χ1n) is 11.2. The van der Waals surface area contributed by atoms with Crippen LogP contribution in [0.5, 0.6) is 0 Å². The van der Waals surface area contributed by atoms with Crippen LogP contribution >= 0.6 is 0 Å². The molecule has 10 heteroatoms. The fourth-order valence-corrected chi connectivity index (χ4v) is 6.43. The number of anilines is 2. The third-order valence-electron chi connectivity index (χ3n) is 5.96. The normalized spacial score (nSPS) is 12.0. The van der Waals surface area contributed by atoms with Gasteiger partial charge in [0, 0.05) is 16.9 Å². The Balaban J connectivity index is 1.62. The summed E-state index contributed by atoms with van der Waals surface area (Å²) in [4.78, 5) is -0.140. The number of nitriles is 2. The van der Waals surface area contributed by atoms with Crippen LogP contribution in [-0.4, -0.2) is 16.8 Å². The van der Waals surface area contributed by atoms with E-state index in [0.717, 1.165) is 0 Å². The molecule has 2 N–H and O–H groups in total. The number of hydrogen-bond donors (Lipinski definition) is 2. The number of nitrogens with zero attached hydrogens (tertiary/aromatic N) is 2.